The van der Waals surface area contributed by atoms with Crippen LogP contribution >= 0.6 is 0 Å². The van der Waals surface area contributed by atoms with Gasteiger partial charge in [-0.1, -0.05) is 123 Å². The van der Waals surface area contributed by atoms with Gasteiger partial charge in [0.25, 0.3) is 0 Å². The van der Waals surface area contributed by atoms with Gasteiger partial charge in [-0.2, -0.15) is 0 Å². The highest BCUT2D eigenvalue weighted by atomic mass is 16.5. The van der Waals surface area contributed by atoms with Crippen molar-refractivity contribution in [3.05, 3.63) is 12.2 Å². The highest BCUT2D eigenvalue weighted by Crippen LogP contribution is 2.12. The topological polar surface area (TPSA) is 122 Å². The third kappa shape index (κ3) is 27.8. The minimum atomic E-state index is -1.23. The van der Waals surface area contributed by atoms with Crippen LogP contribution in [0.15, 0.2) is 12.2 Å². The Morgan fingerprint density at radius 3 is 1.67 bits per heavy atom. The zero-order chi connectivity index (χ0) is 31.1. The molecule has 0 bridgehead atoms. The summed E-state index contributed by atoms with van der Waals surface area (Å²) >= 11 is 0. The molecule has 0 aromatic carbocycles. The second-order valence-electron chi connectivity index (χ2n) is 11.5. The van der Waals surface area contributed by atoms with Crippen molar-refractivity contribution in [1.82, 2.24) is 10.6 Å². The van der Waals surface area contributed by atoms with E-state index in [4.69, 9.17) is 9.84 Å². The zero-order valence-electron chi connectivity index (χ0n) is 26.9. The van der Waals surface area contributed by atoms with Crippen LogP contribution in [-0.2, 0) is 23.9 Å². The predicted molar refractivity (Wildman–Crippen MR) is 170 cm³/mol. The van der Waals surface area contributed by atoms with E-state index in [-0.39, 0.29) is 5.91 Å². The second-order valence-corrected chi connectivity index (χ2v) is 11.5. The van der Waals surface area contributed by atoms with Gasteiger partial charge in [0.05, 0.1) is 6.61 Å². The molecule has 0 aromatic heterocycles. The maximum Gasteiger partial charge on any atom is 0.328 e. The Morgan fingerprint density at radius 2 is 1.14 bits per heavy atom. The summed E-state index contributed by atoms with van der Waals surface area (Å²) in [7, 11) is 0. The molecule has 42 heavy (non-hydrogen) atoms. The fourth-order valence-electron chi connectivity index (χ4n) is 4.86. The summed E-state index contributed by atoms with van der Waals surface area (Å²) in [5, 5.41) is 14.3. The SMILES string of the molecule is CCCCCCCCCCCCOC(=O)[C@H](CCCCNC(=O)CCCCCCCCCCC)NC(=O)/C=C\C(=O)O. The van der Waals surface area contributed by atoms with E-state index in [1.54, 1.807) is 0 Å². The van der Waals surface area contributed by atoms with Gasteiger partial charge in [-0.25, -0.2) is 9.59 Å². The van der Waals surface area contributed by atoms with Crippen LogP contribution in [0.25, 0.3) is 0 Å². The number of rotatable bonds is 30. The number of carbonyl (C=O) groups is 4. The lowest BCUT2D eigenvalue weighted by atomic mass is 10.1. The molecule has 0 aliphatic rings. The molecule has 0 aliphatic heterocycles. The lowest BCUT2D eigenvalue weighted by molar-refractivity contribution is -0.147. The maximum absolute atomic E-state index is 12.7. The summed E-state index contributed by atoms with van der Waals surface area (Å²) in [4.78, 5) is 47.6. The van der Waals surface area contributed by atoms with Gasteiger partial charge < -0.3 is 20.5 Å². The van der Waals surface area contributed by atoms with Gasteiger partial charge in [0.15, 0.2) is 0 Å². The highest BCUT2D eigenvalue weighted by molar-refractivity contribution is 5.95. The Kier molecular flexibility index (Phi) is 28.4. The van der Waals surface area contributed by atoms with Gasteiger partial charge in [0.1, 0.15) is 6.04 Å². The van der Waals surface area contributed by atoms with Gasteiger partial charge in [0.2, 0.25) is 11.8 Å². The van der Waals surface area contributed by atoms with Crippen LogP contribution in [-0.4, -0.2) is 48.1 Å². The Morgan fingerprint density at radius 1 is 0.643 bits per heavy atom. The van der Waals surface area contributed by atoms with E-state index in [0.717, 1.165) is 44.3 Å². The number of esters is 1. The molecule has 1 atom stereocenters. The van der Waals surface area contributed by atoms with E-state index in [2.05, 4.69) is 24.5 Å². The number of amides is 2. The molecule has 2 amide bonds. The summed E-state index contributed by atoms with van der Waals surface area (Å²) in [5.41, 5.74) is 0. The lowest BCUT2D eigenvalue weighted by Crippen LogP contribution is -2.41. The molecule has 0 saturated carbocycles. The van der Waals surface area contributed by atoms with Crippen molar-refractivity contribution in [2.45, 2.75) is 168 Å². The third-order valence-electron chi connectivity index (χ3n) is 7.47. The molecule has 0 radical (unpaired) electrons. The number of nitrogens with one attached hydrogen (secondary N) is 2. The maximum atomic E-state index is 12.7. The van der Waals surface area contributed by atoms with Crippen molar-refractivity contribution in [3.63, 3.8) is 0 Å². The summed E-state index contributed by atoms with van der Waals surface area (Å²) < 4.78 is 5.43. The first kappa shape index (κ1) is 39.6. The van der Waals surface area contributed by atoms with E-state index >= 15 is 0 Å². The molecule has 0 rings (SSSR count). The summed E-state index contributed by atoms with van der Waals surface area (Å²) in [6.07, 6.45) is 26.6. The molecular formula is C34H62N2O6. The molecule has 0 aliphatic carbocycles. The largest absolute Gasteiger partial charge is 0.478 e. The van der Waals surface area contributed by atoms with Crippen LogP contribution in [0.4, 0.5) is 0 Å². The molecule has 0 unspecified atom stereocenters. The molecule has 3 N–H and O–H groups in total. The molecule has 0 spiro atoms. The van der Waals surface area contributed by atoms with Crippen LogP contribution < -0.4 is 10.6 Å². The molecule has 0 saturated heterocycles. The predicted octanol–water partition coefficient (Wildman–Crippen LogP) is 7.78. The van der Waals surface area contributed by atoms with Crippen molar-refractivity contribution >= 4 is 23.8 Å². The average Bonchev–Trinajstić information content (AvgIpc) is 2.97. The number of hydrogen-bond donors (Lipinski definition) is 3. The summed E-state index contributed by atoms with van der Waals surface area (Å²) in [6.45, 7) is 5.27. The van der Waals surface area contributed by atoms with E-state index in [9.17, 15) is 19.2 Å². The Bertz CT molecular complexity index is 725. The average molecular weight is 595 g/mol. The first-order chi connectivity index (χ1) is 20.4. The minimum absolute atomic E-state index is 0.0532. The quantitative estimate of drug-likeness (QED) is 0.0443. The van der Waals surface area contributed by atoms with Gasteiger partial charge in [0, 0.05) is 25.1 Å². The van der Waals surface area contributed by atoms with Crippen molar-refractivity contribution in [1.29, 1.82) is 0 Å². The number of carbonyl (C=O) groups excluding carboxylic acids is 3. The smallest absolute Gasteiger partial charge is 0.328 e. The second kappa shape index (κ2) is 30.1. The Labute approximate surface area is 256 Å². The number of aliphatic carboxylic acids is 1. The normalized spacial score (nSPS) is 11.9. The number of hydrogen-bond acceptors (Lipinski definition) is 5. The van der Waals surface area contributed by atoms with E-state index in [0.29, 0.717) is 38.8 Å². The minimum Gasteiger partial charge on any atom is -0.478 e. The Hall–Kier alpha value is -2.38. The number of unbranched alkanes of at least 4 members (excludes halogenated alkanes) is 18. The van der Waals surface area contributed by atoms with Gasteiger partial charge in [-0.3, -0.25) is 9.59 Å². The standard InChI is InChI=1S/C34H62N2O6/c1-3-5-7-9-11-13-15-17-19-23-29-42-34(41)30(36-32(38)26-27-33(39)40)24-21-22-28-35-31(37)25-20-18-16-14-12-10-8-6-4-2/h26-27,30H,3-25,28-29H2,1-2H3,(H,35,37)(H,36,38)(H,39,40)/b27-26-/t30-/m0/s1. The first-order valence-corrected chi connectivity index (χ1v) is 17.1. The van der Waals surface area contributed by atoms with Crippen LogP contribution in [0.5, 0.6) is 0 Å². The van der Waals surface area contributed by atoms with E-state index in [1.807, 2.05) is 0 Å². The number of carboxylic acid groups (broad SMARTS) is 1. The number of carboxylic acids is 1. The Balaban J connectivity index is 4.18. The summed E-state index contributed by atoms with van der Waals surface area (Å²) in [6, 6.07) is -0.850. The van der Waals surface area contributed by atoms with Gasteiger partial charge >= 0.3 is 11.9 Å². The monoisotopic (exact) mass is 594 g/mol. The molecule has 8 heteroatoms. The van der Waals surface area contributed by atoms with E-state index < -0.39 is 23.9 Å². The van der Waals surface area contributed by atoms with Crippen molar-refractivity contribution in [2.24, 2.45) is 0 Å². The molecule has 8 nitrogen and oxygen atoms in total. The third-order valence-corrected chi connectivity index (χ3v) is 7.47. The molecule has 0 fully saturated rings. The highest BCUT2D eigenvalue weighted by Gasteiger charge is 2.21. The molecular weight excluding hydrogens is 532 g/mol. The van der Waals surface area contributed by atoms with Gasteiger partial charge in [-0.15, -0.1) is 0 Å². The zero-order valence-corrected chi connectivity index (χ0v) is 26.9. The van der Waals surface area contributed by atoms with Crippen molar-refractivity contribution in [2.75, 3.05) is 13.2 Å². The van der Waals surface area contributed by atoms with Gasteiger partial charge in [-0.05, 0) is 32.1 Å². The fraction of sp³-hybridized carbons (Fsp3) is 0.824. The molecule has 0 aromatic rings. The van der Waals surface area contributed by atoms with Crippen molar-refractivity contribution < 1.29 is 29.0 Å². The number of ether oxygens (including phenoxy) is 1. The van der Waals surface area contributed by atoms with Crippen LogP contribution in [0, 0.1) is 0 Å². The summed E-state index contributed by atoms with van der Waals surface area (Å²) in [5.74, 6) is -2.33. The van der Waals surface area contributed by atoms with Crippen LogP contribution in [0.2, 0.25) is 0 Å². The van der Waals surface area contributed by atoms with Crippen LogP contribution in [0.3, 0.4) is 0 Å². The van der Waals surface area contributed by atoms with Crippen LogP contribution in [0.1, 0.15) is 162 Å². The van der Waals surface area contributed by atoms with Crippen molar-refractivity contribution in [3.8, 4) is 0 Å². The van der Waals surface area contributed by atoms with E-state index in [1.165, 1.54) is 89.9 Å². The molecule has 0 heterocycles. The molecule has 244 valence electrons. The first-order valence-electron chi connectivity index (χ1n) is 17.1. The fourth-order valence-corrected chi connectivity index (χ4v) is 4.86. The lowest BCUT2D eigenvalue weighted by Gasteiger charge is -2.17.